The number of hydrogen-bond acceptors (Lipinski definition) is 6. The molecule has 94 valence electrons. The lowest BCUT2D eigenvalue weighted by atomic mass is 10.3. The smallest absolute Gasteiger partial charge is 0.354 e. The standard InChI is InChI=1S/C11H11N3O2S2/c1-6-10(18-11(12)13-6)17-5-7-3-2-4-8(14-7)9(15)16/h2-4H,5H2,1H3,(H2,12,13)(H,15,16). The molecule has 18 heavy (non-hydrogen) atoms. The lowest BCUT2D eigenvalue weighted by molar-refractivity contribution is 0.0690. The third-order valence-electron chi connectivity index (χ3n) is 2.15. The first-order valence-electron chi connectivity index (χ1n) is 5.11. The van der Waals surface area contributed by atoms with Crippen molar-refractivity contribution in [2.75, 3.05) is 5.73 Å². The van der Waals surface area contributed by atoms with E-state index in [0.29, 0.717) is 10.9 Å². The number of nitrogens with two attached hydrogens (primary N) is 1. The van der Waals surface area contributed by atoms with Crippen LogP contribution in [0.5, 0.6) is 0 Å². The molecule has 0 spiro atoms. The van der Waals surface area contributed by atoms with Gasteiger partial charge in [-0.05, 0) is 19.1 Å². The highest BCUT2D eigenvalue weighted by Crippen LogP contribution is 2.32. The van der Waals surface area contributed by atoms with Gasteiger partial charge < -0.3 is 10.8 Å². The zero-order valence-electron chi connectivity index (χ0n) is 9.58. The zero-order valence-corrected chi connectivity index (χ0v) is 11.2. The fourth-order valence-corrected chi connectivity index (χ4v) is 3.28. The normalized spacial score (nSPS) is 10.5. The summed E-state index contributed by atoms with van der Waals surface area (Å²) in [6.45, 7) is 1.90. The SMILES string of the molecule is Cc1nc(N)sc1SCc1cccc(C(=O)O)n1. The molecule has 0 saturated heterocycles. The maximum atomic E-state index is 10.8. The van der Waals surface area contributed by atoms with Crippen LogP contribution in [0.1, 0.15) is 21.9 Å². The molecule has 0 saturated carbocycles. The van der Waals surface area contributed by atoms with Crippen molar-refractivity contribution < 1.29 is 9.90 Å². The summed E-state index contributed by atoms with van der Waals surface area (Å²) in [5.74, 6) is -0.413. The third-order valence-corrected chi connectivity index (χ3v) is 4.53. The number of rotatable bonds is 4. The molecule has 2 heterocycles. The Balaban J connectivity index is 2.08. The molecule has 0 unspecified atom stereocenters. The number of anilines is 1. The second-order valence-corrected chi connectivity index (χ2v) is 5.81. The first-order valence-corrected chi connectivity index (χ1v) is 6.91. The minimum absolute atomic E-state index is 0.0636. The Bertz CT molecular complexity index is 583. The van der Waals surface area contributed by atoms with Crippen molar-refractivity contribution in [1.82, 2.24) is 9.97 Å². The average molecular weight is 281 g/mol. The number of nitrogens with zero attached hydrogens (tertiary/aromatic N) is 2. The molecule has 0 aromatic carbocycles. The summed E-state index contributed by atoms with van der Waals surface area (Å²) >= 11 is 2.99. The number of aromatic nitrogens is 2. The highest BCUT2D eigenvalue weighted by Gasteiger charge is 2.08. The first kappa shape index (κ1) is 12.8. The molecular formula is C11H11N3O2S2. The minimum atomic E-state index is -1.01. The number of thiazole rings is 1. The van der Waals surface area contributed by atoms with Crippen LogP contribution in [0.15, 0.2) is 22.4 Å². The van der Waals surface area contributed by atoms with Crippen molar-refractivity contribution in [3.63, 3.8) is 0 Å². The van der Waals surface area contributed by atoms with Crippen LogP contribution in [0, 0.1) is 6.92 Å². The Hall–Kier alpha value is -1.60. The summed E-state index contributed by atoms with van der Waals surface area (Å²) in [4.78, 5) is 19.0. The number of thioether (sulfide) groups is 1. The number of nitrogen functional groups attached to an aromatic ring is 1. The fourth-order valence-electron chi connectivity index (χ4n) is 1.36. The van der Waals surface area contributed by atoms with E-state index in [0.717, 1.165) is 15.6 Å². The van der Waals surface area contributed by atoms with E-state index in [2.05, 4.69) is 9.97 Å². The lowest BCUT2D eigenvalue weighted by Gasteiger charge is -2.01. The molecule has 2 aromatic rings. The van der Waals surface area contributed by atoms with Gasteiger partial charge in [-0.3, -0.25) is 0 Å². The van der Waals surface area contributed by atoms with Gasteiger partial charge in [0, 0.05) is 5.75 Å². The van der Waals surface area contributed by atoms with Gasteiger partial charge in [-0.25, -0.2) is 14.8 Å². The van der Waals surface area contributed by atoms with Crippen molar-refractivity contribution >= 4 is 34.2 Å². The summed E-state index contributed by atoms with van der Waals surface area (Å²) < 4.78 is 1.04. The monoisotopic (exact) mass is 281 g/mol. The van der Waals surface area contributed by atoms with Gasteiger partial charge >= 0.3 is 5.97 Å². The van der Waals surface area contributed by atoms with Crippen LogP contribution >= 0.6 is 23.1 Å². The van der Waals surface area contributed by atoms with E-state index in [4.69, 9.17) is 10.8 Å². The Morgan fingerprint density at radius 2 is 2.28 bits per heavy atom. The number of aromatic carboxylic acids is 1. The molecule has 0 aliphatic rings. The quantitative estimate of drug-likeness (QED) is 0.837. The summed E-state index contributed by atoms with van der Waals surface area (Å²) in [6.07, 6.45) is 0. The largest absolute Gasteiger partial charge is 0.477 e. The number of carboxylic acid groups (broad SMARTS) is 1. The summed E-state index contributed by atoms with van der Waals surface area (Å²) in [7, 11) is 0. The first-order chi connectivity index (χ1) is 8.56. The van der Waals surface area contributed by atoms with Gasteiger partial charge in [0.1, 0.15) is 5.69 Å². The van der Waals surface area contributed by atoms with Crippen molar-refractivity contribution in [2.45, 2.75) is 16.9 Å². The molecule has 0 radical (unpaired) electrons. The van der Waals surface area contributed by atoms with Gasteiger partial charge in [0.05, 0.1) is 15.6 Å². The van der Waals surface area contributed by atoms with E-state index in [1.165, 1.54) is 17.4 Å². The van der Waals surface area contributed by atoms with E-state index in [-0.39, 0.29) is 5.69 Å². The van der Waals surface area contributed by atoms with Gasteiger partial charge in [0.2, 0.25) is 0 Å². The molecule has 0 aliphatic heterocycles. The Morgan fingerprint density at radius 1 is 1.50 bits per heavy atom. The van der Waals surface area contributed by atoms with Gasteiger partial charge in [0.15, 0.2) is 5.13 Å². The number of aryl methyl sites for hydroxylation is 1. The Kier molecular flexibility index (Phi) is 3.83. The molecule has 0 bridgehead atoms. The van der Waals surface area contributed by atoms with E-state index in [9.17, 15) is 4.79 Å². The van der Waals surface area contributed by atoms with Crippen LogP contribution < -0.4 is 5.73 Å². The van der Waals surface area contributed by atoms with Crippen LogP contribution in [0.25, 0.3) is 0 Å². The van der Waals surface area contributed by atoms with Crippen LogP contribution in [0.4, 0.5) is 5.13 Å². The lowest BCUT2D eigenvalue weighted by Crippen LogP contribution is -2.01. The van der Waals surface area contributed by atoms with Crippen molar-refractivity contribution in [1.29, 1.82) is 0 Å². The van der Waals surface area contributed by atoms with Gasteiger partial charge in [-0.2, -0.15) is 0 Å². The molecule has 5 nitrogen and oxygen atoms in total. The topological polar surface area (TPSA) is 89.1 Å². The number of hydrogen-bond donors (Lipinski definition) is 2. The highest BCUT2D eigenvalue weighted by atomic mass is 32.2. The predicted molar refractivity (Wildman–Crippen MR) is 72.0 cm³/mol. The van der Waals surface area contributed by atoms with Crippen molar-refractivity contribution in [2.24, 2.45) is 0 Å². The zero-order chi connectivity index (χ0) is 13.1. The summed E-state index contributed by atoms with van der Waals surface area (Å²) in [6, 6.07) is 4.98. The molecule has 2 rings (SSSR count). The average Bonchev–Trinajstić information content (AvgIpc) is 2.65. The molecule has 0 atom stereocenters. The van der Waals surface area contributed by atoms with Crippen LogP contribution in [-0.2, 0) is 5.75 Å². The third kappa shape index (κ3) is 2.99. The molecule has 0 aliphatic carbocycles. The molecule has 7 heteroatoms. The molecule has 0 fully saturated rings. The molecular weight excluding hydrogens is 270 g/mol. The number of carboxylic acids is 1. The van der Waals surface area contributed by atoms with E-state index < -0.39 is 5.97 Å². The minimum Gasteiger partial charge on any atom is -0.477 e. The summed E-state index contributed by atoms with van der Waals surface area (Å²) in [5, 5.41) is 9.39. The Labute approximate surface area is 112 Å². The van der Waals surface area contributed by atoms with Crippen LogP contribution in [0.3, 0.4) is 0 Å². The maximum Gasteiger partial charge on any atom is 0.354 e. The van der Waals surface area contributed by atoms with Crippen LogP contribution in [-0.4, -0.2) is 21.0 Å². The second kappa shape index (κ2) is 5.36. The van der Waals surface area contributed by atoms with Gasteiger partial charge in [-0.1, -0.05) is 17.4 Å². The highest BCUT2D eigenvalue weighted by molar-refractivity contribution is 8.00. The number of carbonyl (C=O) groups is 1. The van der Waals surface area contributed by atoms with Gasteiger partial charge in [-0.15, -0.1) is 11.8 Å². The molecule has 3 N–H and O–H groups in total. The van der Waals surface area contributed by atoms with Crippen molar-refractivity contribution in [3.8, 4) is 0 Å². The van der Waals surface area contributed by atoms with Gasteiger partial charge in [0.25, 0.3) is 0 Å². The number of pyridine rings is 1. The molecule has 0 amide bonds. The molecule has 2 aromatic heterocycles. The predicted octanol–water partition coefficient (Wildman–Crippen LogP) is 2.42. The summed E-state index contributed by atoms with van der Waals surface area (Å²) in [5.41, 5.74) is 7.30. The van der Waals surface area contributed by atoms with E-state index in [1.807, 2.05) is 6.92 Å². The van der Waals surface area contributed by atoms with Crippen LogP contribution in [0.2, 0.25) is 0 Å². The van der Waals surface area contributed by atoms with E-state index >= 15 is 0 Å². The second-order valence-electron chi connectivity index (χ2n) is 3.53. The maximum absolute atomic E-state index is 10.8. The fraction of sp³-hybridized carbons (Fsp3) is 0.182. The van der Waals surface area contributed by atoms with Crippen molar-refractivity contribution in [3.05, 3.63) is 35.3 Å². The van der Waals surface area contributed by atoms with E-state index in [1.54, 1.807) is 23.9 Å². The Morgan fingerprint density at radius 3 is 2.89 bits per heavy atom.